The first-order valence-corrected chi connectivity index (χ1v) is 8.30. The van der Waals surface area contributed by atoms with Crippen LogP contribution in [0.25, 0.3) is 0 Å². The number of nitrogens with zero attached hydrogens (tertiary/aromatic N) is 1. The fourth-order valence-electron chi connectivity index (χ4n) is 2.45. The molecule has 7 nitrogen and oxygen atoms in total. The summed E-state index contributed by atoms with van der Waals surface area (Å²) < 4.78 is 16.6. The van der Waals surface area contributed by atoms with E-state index in [0.717, 1.165) is 0 Å². The van der Waals surface area contributed by atoms with Crippen LogP contribution in [0.2, 0.25) is 0 Å². The normalized spacial score (nSPS) is 28.0. The summed E-state index contributed by atoms with van der Waals surface area (Å²) in [5.74, 6) is -1.30. The monoisotopic (exact) mass is 338 g/mol. The molecule has 0 radical (unpaired) electrons. The number of methoxy groups -OCH3 is 1. The first kappa shape index (κ1) is 17.3. The minimum Gasteiger partial charge on any atom is -0.613 e. The fourth-order valence-corrected chi connectivity index (χ4v) is 4.35. The van der Waals surface area contributed by atoms with Gasteiger partial charge in [0.1, 0.15) is 0 Å². The van der Waals surface area contributed by atoms with Crippen molar-refractivity contribution in [1.82, 2.24) is 10.2 Å². The Labute approximate surface area is 137 Å². The Kier molecular flexibility index (Phi) is 5.62. The van der Waals surface area contributed by atoms with Crippen molar-refractivity contribution in [3.63, 3.8) is 0 Å². The Bertz CT molecular complexity index is 556. The maximum atomic E-state index is 12.0. The third-order valence-electron chi connectivity index (χ3n) is 3.51. The number of ether oxygens (including phenoxy) is 1. The standard InChI is InChI=1S/C9H12N2O5S.C6H6/c1-4(12)10-8-7(9(14)16-2)11-5(13)3-6(11)17(8)15;1-2-4-6-5-3-1/h6-8H,3H2,1-2H3,(H,10,12);1-6H/t6-,7?,8?,17?;/m1./s1. The molecular weight excluding hydrogens is 320 g/mol. The number of β-lactam (4-membered cyclic amide) rings is 1. The molecule has 3 rings (SSSR count). The zero-order valence-corrected chi connectivity index (χ0v) is 13.6. The first-order chi connectivity index (χ1) is 11.0. The third kappa shape index (κ3) is 3.65. The predicted octanol–water partition coefficient (Wildman–Crippen LogP) is -0.00250. The Morgan fingerprint density at radius 2 is 1.78 bits per heavy atom. The molecule has 2 amide bonds. The van der Waals surface area contributed by atoms with Crippen LogP contribution in [0.4, 0.5) is 0 Å². The molecule has 1 aromatic carbocycles. The average molecular weight is 338 g/mol. The quantitative estimate of drug-likeness (QED) is 0.465. The largest absolute Gasteiger partial charge is 0.613 e. The van der Waals surface area contributed by atoms with E-state index in [0.29, 0.717) is 0 Å². The topological polar surface area (TPSA) is 98.8 Å². The van der Waals surface area contributed by atoms with Crippen molar-refractivity contribution in [1.29, 1.82) is 0 Å². The van der Waals surface area contributed by atoms with Crippen molar-refractivity contribution >= 4 is 29.0 Å². The summed E-state index contributed by atoms with van der Waals surface area (Å²) in [6, 6.07) is 11.0. The maximum absolute atomic E-state index is 12.0. The lowest BCUT2D eigenvalue weighted by atomic mass is 10.1. The minimum atomic E-state index is -1.47. The van der Waals surface area contributed by atoms with Gasteiger partial charge in [-0.2, -0.15) is 0 Å². The van der Waals surface area contributed by atoms with Crippen molar-refractivity contribution in [2.24, 2.45) is 0 Å². The average Bonchev–Trinajstić information content (AvgIpc) is 2.77. The second-order valence-electron chi connectivity index (χ2n) is 5.03. The summed E-state index contributed by atoms with van der Waals surface area (Å²) in [4.78, 5) is 35.2. The lowest BCUT2D eigenvalue weighted by Crippen LogP contribution is -2.57. The number of hydrogen-bond acceptors (Lipinski definition) is 5. The fraction of sp³-hybridized carbons (Fsp3) is 0.400. The number of nitrogens with one attached hydrogen (secondary N) is 1. The van der Waals surface area contributed by atoms with E-state index >= 15 is 0 Å². The van der Waals surface area contributed by atoms with Crippen LogP contribution in [0.1, 0.15) is 13.3 Å². The molecule has 2 fully saturated rings. The van der Waals surface area contributed by atoms with Crippen LogP contribution in [-0.4, -0.2) is 51.1 Å². The number of esters is 1. The number of benzene rings is 1. The highest BCUT2D eigenvalue weighted by Gasteiger charge is 2.64. The summed E-state index contributed by atoms with van der Waals surface area (Å²) in [6.07, 6.45) is 0.149. The van der Waals surface area contributed by atoms with E-state index in [1.165, 1.54) is 18.9 Å². The van der Waals surface area contributed by atoms with E-state index in [2.05, 4.69) is 10.1 Å². The Balaban J connectivity index is 0.000000268. The molecular formula is C15H18N2O5S. The SMILES string of the molecule is COC(=O)C1C(NC(C)=O)[S+]([O-])[C@@H]2CC(=O)N12.c1ccccc1. The van der Waals surface area contributed by atoms with Crippen molar-refractivity contribution < 1.29 is 23.7 Å². The molecule has 124 valence electrons. The van der Waals surface area contributed by atoms with Gasteiger partial charge in [0.25, 0.3) is 0 Å². The van der Waals surface area contributed by atoms with Crippen LogP contribution in [0.5, 0.6) is 0 Å². The van der Waals surface area contributed by atoms with Gasteiger partial charge >= 0.3 is 5.97 Å². The molecule has 1 aromatic rings. The van der Waals surface area contributed by atoms with Gasteiger partial charge in [-0.05, 0) is 11.2 Å². The van der Waals surface area contributed by atoms with E-state index in [9.17, 15) is 18.9 Å². The molecule has 2 aliphatic heterocycles. The number of carbonyl (C=O) groups excluding carboxylic acids is 3. The van der Waals surface area contributed by atoms with Gasteiger partial charge in [0.2, 0.25) is 28.6 Å². The van der Waals surface area contributed by atoms with Crippen molar-refractivity contribution in [2.75, 3.05) is 7.11 Å². The van der Waals surface area contributed by atoms with Crippen LogP contribution >= 0.6 is 0 Å². The summed E-state index contributed by atoms with van der Waals surface area (Å²) in [5.41, 5.74) is 0. The van der Waals surface area contributed by atoms with Gasteiger partial charge in [0.05, 0.1) is 13.5 Å². The van der Waals surface area contributed by atoms with Crippen LogP contribution < -0.4 is 5.32 Å². The number of amides is 2. The summed E-state index contributed by atoms with van der Waals surface area (Å²) in [6.45, 7) is 1.27. The maximum Gasteiger partial charge on any atom is 0.336 e. The van der Waals surface area contributed by atoms with Crippen LogP contribution in [0.3, 0.4) is 0 Å². The minimum absolute atomic E-state index is 0.149. The van der Waals surface area contributed by atoms with Crippen LogP contribution in [0.15, 0.2) is 36.4 Å². The lowest BCUT2D eigenvalue weighted by Gasteiger charge is -2.33. The smallest absolute Gasteiger partial charge is 0.336 e. The zero-order valence-electron chi connectivity index (χ0n) is 12.8. The first-order valence-electron chi connectivity index (χ1n) is 7.03. The van der Waals surface area contributed by atoms with E-state index in [-0.39, 0.29) is 12.3 Å². The second-order valence-corrected chi connectivity index (χ2v) is 6.74. The van der Waals surface area contributed by atoms with E-state index in [1.807, 2.05) is 36.4 Å². The molecule has 0 aromatic heterocycles. The van der Waals surface area contributed by atoms with Gasteiger partial charge in [-0.1, -0.05) is 36.4 Å². The molecule has 2 saturated heterocycles. The molecule has 0 spiro atoms. The molecule has 1 N–H and O–H groups in total. The number of rotatable bonds is 2. The summed E-state index contributed by atoms with van der Waals surface area (Å²) in [7, 11) is 1.19. The van der Waals surface area contributed by atoms with Crippen molar-refractivity contribution in [3.05, 3.63) is 36.4 Å². The van der Waals surface area contributed by atoms with Gasteiger partial charge in [-0.15, -0.1) is 0 Å². The molecule has 0 saturated carbocycles. The zero-order chi connectivity index (χ0) is 17.0. The number of carbonyl (C=O) groups is 3. The van der Waals surface area contributed by atoms with Gasteiger partial charge in [-0.25, -0.2) is 4.79 Å². The third-order valence-corrected chi connectivity index (χ3v) is 5.31. The highest BCUT2D eigenvalue weighted by molar-refractivity contribution is 7.93. The van der Waals surface area contributed by atoms with Gasteiger partial charge in [0.15, 0.2) is 0 Å². The molecule has 2 heterocycles. The van der Waals surface area contributed by atoms with Gasteiger partial charge in [0, 0.05) is 6.92 Å². The van der Waals surface area contributed by atoms with Crippen molar-refractivity contribution in [3.8, 4) is 0 Å². The highest BCUT2D eigenvalue weighted by atomic mass is 32.2. The molecule has 23 heavy (non-hydrogen) atoms. The molecule has 0 aliphatic carbocycles. The second kappa shape index (κ2) is 7.47. The van der Waals surface area contributed by atoms with Gasteiger partial charge < -0.3 is 14.6 Å². The Morgan fingerprint density at radius 1 is 1.26 bits per heavy atom. The molecule has 0 bridgehead atoms. The molecule has 8 heteroatoms. The Hall–Kier alpha value is -2.06. The van der Waals surface area contributed by atoms with E-state index in [1.54, 1.807) is 0 Å². The van der Waals surface area contributed by atoms with Crippen LogP contribution in [0, 0.1) is 0 Å². The highest BCUT2D eigenvalue weighted by Crippen LogP contribution is 2.38. The summed E-state index contributed by atoms with van der Waals surface area (Å²) in [5, 5.41) is 1.08. The predicted molar refractivity (Wildman–Crippen MR) is 83.2 cm³/mol. The summed E-state index contributed by atoms with van der Waals surface area (Å²) >= 11 is -1.47. The van der Waals surface area contributed by atoms with E-state index < -0.39 is 39.8 Å². The van der Waals surface area contributed by atoms with Crippen molar-refractivity contribution in [2.45, 2.75) is 30.1 Å². The number of hydrogen-bond donors (Lipinski definition) is 1. The molecule has 4 atom stereocenters. The number of fused-ring (bicyclic) bond motifs is 1. The van der Waals surface area contributed by atoms with Crippen LogP contribution in [-0.2, 0) is 30.3 Å². The lowest BCUT2D eigenvalue weighted by molar-refractivity contribution is -0.158. The molecule has 2 aliphatic rings. The van der Waals surface area contributed by atoms with Gasteiger partial charge in [-0.3, -0.25) is 14.5 Å². The Morgan fingerprint density at radius 3 is 2.17 bits per heavy atom. The molecule has 3 unspecified atom stereocenters. The van der Waals surface area contributed by atoms with E-state index in [4.69, 9.17) is 0 Å².